The summed E-state index contributed by atoms with van der Waals surface area (Å²) >= 11 is 6.02. The Kier molecular flexibility index (Phi) is 4.55. The maximum Gasteiger partial charge on any atom is 0.417 e. The maximum atomic E-state index is 13.1. The van der Waals surface area contributed by atoms with E-state index in [1.54, 1.807) is 0 Å². The molecule has 1 amide bonds. The molecule has 1 aromatic carbocycles. The predicted octanol–water partition coefficient (Wildman–Crippen LogP) is 4.44. The minimum absolute atomic E-state index is 0.0236. The quantitative estimate of drug-likeness (QED) is 0.864. The molecule has 25 heavy (non-hydrogen) atoms. The van der Waals surface area contributed by atoms with E-state index in [2.05, 4.69) is 15.0 Å². The van der Waals surface area contributed by atoms with Crippen molar-refractivity contribution < 1.29 is 27.3 Å². The lowest BCUT2D eigenvalue weighted by atomic mass is 9.93. The van der Waals surface area contributed by atoms with Crippen LogP contribution in [-0.4, -0.2) is 16.8 Å². The van der Waals surface area contributed by atoms with Crippen molar-refractivity contribution in [2.45, 2.75) is 31.4 Å². The van der Waals surface area contributed by atoms with Crippen molar-refractivity contribution in [2.75, 3.05) is 5.32 Å². The van der Waals surface area contributed by atoms with Crippen molar-refractivity contribution >= 4 is 29.0 Å². The van der Waals surface area contributed by atoms with E-state index in [4.69, 9.17) is 11.6 Å². The second-order valence-corrected chi connectivity index (χ2v) is 6.08. The lowest BCUT2D eigenvalue weighted by Gasteiger charge is -2.20. The smallest absolute Gasteiger partial charge is 0.364 e. The third-order valence-corrected chi connectivity index (χ3v) is 4.46. The number of Topliss-reactive ketones (excluding diaryl/α,β-unsaturated/α-hetero) is 1. The molecule has 0 spiro atoms. The van der Waals surface area contributed by atoms with E-state index in [0.29, 0.717) is 6.42 Å². The maximum absolute atomic E-state index is 13.1. The van der Waals surface area contributed by atoms with Crippen molar-refractivity contribution in [1.29, 1.82) is 0 Å². The molecule has 0 radical (unpaired) electrons. The number of rotatable bonds is 3. The topological polar surface area (TPSA) is 72.2 Å². The highest BCUT2D eigenvalue weighted by molar-refractivity contribution is 6.33. The van der Waals surface area contributed by atoms with Crippen LogP contribution in [-0.2, 0) is 11.0 Å². The third-order valence-electron chi connectivity index (χ3n) is 4.06. The fraction of sp³-hybridized carbons (Fsp3) is 0.312. The number of aromatic nitrogens is 1. The Hall–Kier alpha value is -2.35. The van der Waals surface area contributed by atoms with Crippen LogP contribution in [0.15, 0.2) is 29.0 Å². The van der Waals surface area contributed by atoms with Crippen LogP contribution >= 0.6 is 11.6 Å². The Morgan fingerprint density at radius 2 is 2.08 bits per heavy atom. The summed E-state index contributed by atoms with van der Waals surface area (Å²) in [7, 11) is 0. The Bertz CT molecular complexity index is 819. The van der Waals surface area contributed by atoms with Crippen LogP contribution in [0.1, 0.15) is 46.8 Å². The Labute approximate surface area is 145 Å². The third kappa shape index (κ3) is 3.53. The summed E-state index contributed by atoms with van der Waals surface area (Å²) in [5.41, 5.74) is -0.766. The Morgan fingerprint density at radius 1 is 1.32 bits per heavy atom. The summed E-state index contributed by atoms with van der Waals surface area (Å²) in [5.74, 6) is -1.17. The van der Waals surface area contributed by atoms with Crippen LogP contribution in [0, 0.1) is 0 Å². The van der Waals surface area contributed by atoms with Crippen molar-refractivity contribution in [3.05, 3.63) is 46.3 Å². The first-order valence-electron chi connectivity index (χ1n) is 7.40. The number of hydrogen-bond donors (Lipinski definition) is 1. The Balaban J connectivity index is 2.03. The first kappa shape index (κ1) is 17.5. The number of nitrogens with one attached hydrogen (secondary N) is 1. The molecule has 1 aliphatic rings. The second kappa shape index (κ2) is 6.51. The van der Waals surface area contributed by atoms with Gasteiger partial charge < -0.3 is 9.84 Å². The SMILES string of the molecule is O=C1CC[C@@H](c2c(NC(=O)c3ccon3)ccc(C(F)(F)F)c2Cl)C1. The molecule has 5 nitrogen and oxygen atoms in total. The van der Waals surface area contributed by atoms with Gasteiger partial charge in [0.05, 0.1) is 10.6 Å². The Morgan fingerprint density at radius 3 is 2.64 bits per heavy atom. The highest BCUT2D eigenvalue weighted by Gasteiger charge is 2.37. The molecule has 132 valence electrons. The summed E-state index contributed by atoms with van der Waals surface area (Å²) in [6.07, 6.45) is -2.69. The highest BCUT2D eigenvalue weighted by Crippen LogP contribution is 2.45. The van der Waals surface area contributed by atoms with Gasteiger partial charge in [0.15, 0.2) is 5.69 Å². The van der Waals surface area contributed by atoms with Gasteiger partial charge in [0.1, 0.15) is 12.0 Å². The zero-order valence-corrected chi connectivity index (χ0v) is 13.4. The van der Waals surface area contributed by atoms with Gasteiger partial charge in [-0.15, -0.1) is 0 Å². The van der Waals surface area contributed by atoms with Crippen LogP contribution < -0.4 is 5.32 Å². The van der Waals surface area contributed by atoms with Gasteiger partial charge in [-0.3, -0.25) is 9.59 Å². The molecule has 9 heteroatoms. The molecule has 1 N–H and O–H groups in total. The van der Waals surface area contributed by atoms with Crippen LogP contribution in [0.2, 0.25) is 5.02 Å². The summed E-state index contributed by atoms with van der Waals surface area (Å²) in [6, 6.07) is 3.27. The monoisotopic (exact) mass is 372 g/mol. The number of carbonyl (C=O) groups is 2. The molecule has 1 aromatic heterocycles. The summed E-state index contributed by atoms with van der Waals surface area (Å²) in [4.78, 5) is 23.7. The van der Waals surface area contributed by atoms with E-state index in [9.17, 15) is 22.8 Å². The number of halogens is 4. The van der Waals surface area contributed by atoms with Gasteiger partial charge in [-0.25, -0.2) is 0 Å². The fourth-order valence-electron chi connectivity index (χ4n) is 2.90. The lowest BCUT2D eigenvalue weighted by molar-refractivity contribution is -0.137. The molecule has 0 aliphatic heterocycles. The molecule has 3 rings (SSSR count). The molecule has 0 saturated heterocycles. The summed E-state index contributed by atoms with van der Waals surface area (Å²) in [5, 5.41) is 5.48. The van der Waals surface area contributed by atoms with E-state index < -0.39 is 28.6 Å². The molecule has 2 aromatic rings. The molecular formula is C16H12ClF3N2O3. The van der Waals surface area contributed by atoms with Gasteiger partial charge in [0.25, 0.3) is 5.91 Å². The number of benzene rings is 1. The molecule has 0 unspecified atom stereocenters. The van der Waals surface area contributed by atoms with E-state index in [1.807, 2.05) is 0 Å². The fourth-order valence-corrected chi connectivity index (χ4v) is 3.32. The number of ketones is 1. The molecule has 1 atom stereocenters. The summed E-state index contributed by atoms with van der Waals surface area (Å²) in [6.45, 7) is 0. The van der Waals surface area contributed by atoms with E-state index >= 15 is 0 Å². The zero-order chi connectivity index (χ0) is 18.2. The molecular weight excluding hydrogens is 361 g/mol. The first-order chi connectivity index (χ1) is 11.8. The molecule has 0 bridgehead atoms. The van der Waals surface area contributed by atoms with E-state index in [1.165, 1.54) is 12.3 Å². The minimum Gasteiger partial charge on any atom is -0.364 e. The van der Waals surface area contributed by atoms with Gasteiger partial charge >= 0.3 is 6.18 Å². The van der Waals surface area contributed by atoms with Crippen LogP contribution in [0.25, 0.3) is 0 Å². The average Bonchev–Trinajstić information content (AvgIpc) is 3.17. The minimum atomic E-state index is -4.64. The number of carbonyl (C=O) groups excluding carboxylic acids is 2. The van der Waals surface area contributed by atoms with Gasteiger partial charge in [0.2, 0.25) is 0 Å². The first-order valence-corrected chi connectivity index (χ1v) is 7.78. The second-order valence-electron chi connectivity index (χ2n) is 5.70. The predicted molar refractivity (Wildman–Crippen MR) is 82.5 cm³/mol. The highest BCUT2D eigenvalue weighted by atomic mass is 35.5. The van der Waals surface area contributed by atoms with Crippen molar-refractivity contribution in [1.82, 2.24) is 5.16 Å². The van der Waals surface area contributed by atoms with Crippen molar-refractivity contribution in [3.8, 4) is 0 Å². The standard InChI is InChI=1S/C16H12ClF3N2O3/c17-14-10(16(18,19)20)3-4-11(13(14)8-1-2-9(23)7-8)21-15(24)12-5-6-25-22-12/h3-6,8H,1-2,7H2,(H,21,24)/t8-/m1/s1. The largest absolute Gasteiger partial charge is 0.417 e. The summed E-state index contributed by atoms with van der Waals surface area (Å²) < 4.78 is 44.0. The number of alkyl halides is 3. The molecule has 1 heterocycles. The number of anilines is 1. The van der Waals surface area contributed by atoms with E-state index in [0.717, 1.165) is 12.1 Å². The zero-order valence-electron chi connectivity index (χ0n) is 12.7. The van der Waals surface area contributed by atoms with E-state index in [-0.39, 0.29) is 35.6 Å². The lowest BCUT2D eigenvalue weighted by Crippen LogP contribution is -2.16. The van der Waals surface area contributed by atoms with Gasteiger partial charge in [0, 0.05) is 24.6 Å². The number of hydrogen-bond acceptors (Lipinski definition) is 4. The molecule has 1 aliphatic carbocycles. The normalized spacial score (nSPS) is 17.8. The van der Waals surface area contributed by atoms with Crippen molar-refractivity contribution in [2.24, 2.45) is 0 Å². The van der Waals surface area contributed by atoms with Crippen LogP contribution in [0.5, 0.6) is 0 Å². The molecule has 1 fully saturated rings. The number of nitrogens with zero attached hydrogens (tertiary/aromatic N) is 1. The van der Waals surface area contributed by atoms with Crippen LogP contribution in [0.4, 0.5) is 18.9 Å². The van der Waals surface area contributed by atoms with Gasteiger partial charge in [-0.1, -0.05) is 16.8 Å². The van der Waals surface area contributed by atoms with Crippen LogP contribution in [0.3, 0.4) is 0 Å². The van der Waals surface area contributed by atoms with Gasteiger partial charge in [-0.2, -0.15) is 13.2 Å². The van der Waals surface area contributed by atoms with Gasteiger partial charge in [-0.05, 0) is 30.0 Å². The number of amides is 1. The van der Waals surface area contributed by atoms with Crippen molar-refractivity contribution in [3.63, 3.8) is 0 Å². The molecule has 1 saturated carbocycles. The average molecular weight is 373 g/mol.